The van der Waals surface area contributed by atoms with Crippen LogP contribution in [0, 0.1) is 17.2 Å². The number of aromatic nitrogens is 5. The van der Waals surface area contributed by atoms with Crippen molar-refractivity contribution in [3.63, 3.8) is 0 Å². The fourth-order valence-electron chi connectivity index (χ4n) is 3.52. The first-order valence-electron chi connectivity index (χ1n) is 8.96. The number of nitrogens with zero attached hydrogens (tertiary/aromatic N) is 7. The molecule has 27 heavy (non-hydrogen) atoms. The van der Waals surface area contributed by atoms with E-state index in [4.69, 9.17) is 4.74 Å². The van der Waals surface area contributed by atoms with Crippen molar-refractivity contribution in [3.05, 3.63) is 41.3 Å². The summed E-state index contributed by atoms with van der Waals surface area (Å²) in [7, 11) is 0. The first-order chi connectivity index (χ1) is 13.3. The van der Waals surface area contributed by atoms with Gasteiger partial charge in [-0.25, -0.2) is 4.98 Å². The number of ether oxygens (including phenoxy) is 1. The maximum absolute atomic E-state index is 9.42. The number of hydrogen-bond donors (Lipinski definition) is 1. The molecule has 9 nitrogen and oxygen atoms in total. The highest BCUT2D eigenvalue weighted by Crippen LogP contribution is 2.25. The molecule has 0 amide bonds. The summed E-state index contributed by atoms with van der Waals surface area (Å²) < 4.78 is 7.13. The number of nitrogens with one attached hydrogen (secondary N) is 1. The fourth-order valence-corrected chi connectivity index (χ4v) is 3.52. The highest BCUT2D eigenvalue weighted by atomic mass is 16.5. The van der Waals surface area contributed by atoms with E-state index in [2.05, 4.69) is 36.6 Å². The topological polar surface area (TPSA) is 104 Å². The van der Waals surface area contributed by atoms with E-state index >= 15 is 0 Å². The zero-order valence-electron chi connectivity index (χ0n) is 14.7. The summed E-state index contributed by atoms with van der Waals surface area (Å²) in [4.78, 5) is 6.88. The molecule has 136 valence electrons. The third kappa shape index (κ3) is 2.94. The van der Waals surface area contributed by atoms with Gasteiger partial charge in [0.1, 0.15) is 24.0 Å². The Labute approximate surface area is 155 Å². The van der Waals surface area contributed by atoms with Crippen LogP contribution in [0.25, 0.3) is 5.65 Å². The van der Waals surface area contributed by atoms with Gasteiger partial charge in [0, 0.05) is 37.5 Å². The number of nitriles is 1. The van der Waals surface area contributed by atoms with Gasteiger partial charge in [0.05, 0.1) is 24.5 Å². The Morgan fingerprint density at radius 2 is 2.26 bits per heavy atom. The largest absolute Gasteiger partial charge is 0.376 e. The summed E-state index contributed by atoms with van der Waals surface area (Å²) >= 11 is 0. The van der Waals surface area contributed by atoms with Gasteiger partial charge in [-0.3, -0.25) is 0 Å². The Bertz CT molecular complexity index is 1030. The van der Waals surface area contributed by atoms with Gasteiger partial charge in [-0.2, -0.15) is 9.78 Å². The van der Waals surface area contributed by atoms with E-state index in [0.717, 1.165) is 48.8 Å². The summed E-state index contributed by atoms with van der Waals surface area (Å²) in [6, 6.07) is 8.02. The van der Waals surface area contributed by atoms with Crippen molar-refractivity contribution in [1.29, 1.82) is 5.26 Å². The fraction of sp³-hybridized carbons (Fsp3) is 0.389. The van der Waals surface area contributed by atoms with Crippen LogP contribution < -0.4 is 10.2 Å². The van der Waals surface area contributed by atoms with Crippen molar-refractivity contribution >= 4 is 17.3 Å². The Morgan fingerprint density at radius 1 is 1.33 bits per heavy atom. The normalized spacial score (nSPS) is 16.6. The van der Waals surface area contributed by atoms with Crippen molar-refractivity contribution in [2.45, 2.75) is 13.0 Å². The van der Waals surface area contributed by atoms with Crippen LogP contribution in [0.2, 0.25) is 0 Å². The molecule has 5 heterocycles. The van der Waals surface area contributed by atoms with Crippen molar-refractivity contribution in [3.8, 4) is 6.07 Å². The predicted molar refractivity (Wildman–Crippen MR) is 97.3 cm³/mol. The Morgan fingerprint density at radius 3 is 3.15 bits per heavy atom. The molecule has 0 radical (unpaired) electrons. The van der Waals surface area contributed by atoms with Crippen LogP contribution in [0.1, 0.15) is 16.8 Å². The average molecular weight is 362 g/mol. The molecule has 0 saturated carbocycles. The van der Waals surface area contributed by atoms with E-state index in [9.17, 15) is 5.26 Å². The molecule has 0 aliphatic carbocycles. The van der Waals surface area contributed by atoms with Crippen LogP contribution in [0.3, 0.4) is 0 Å². The van der Waals surface area contributed by atoms with Crippen LogP contribution in [-0.2, 0) is 17.8 Å². The van der Waals surface area contributed by atoms with Crippen molar-refractivity contribution in [1.82, 2.24) is 24.8 Å². The third-order valence-corrected chi connectivity index (χ3v) is 5.04. The van der Waals surface area contributed by atoms with E-state index in [1.807, 2.05) is 18.2 Å². The van der Waals surface area contributed by atoms with Gasteiger partial charge in [-0.05, 0) is 18.2 Å². The second kappa shape index (κ2) is 6.48. The van der Waals surface area contributed by atoms with Gasteiger partial charge in [-0.1, -0.05) is 0 Å². The van der Waals surface area contributed by atoms with Gasteiger partial charge < -0.3 is 15.0 Å². The van der Waals surface area contributed by atoms with Crippen molar-refractivity contribution in [2.24, 2.45) is 5.92 Å². The zero-order chi connectivity index (χ0) is 18.2. The van der Waals surface area contributed by atoms with Crippen LogP contribution in [0.15, 0.2) is 24.5 Å². The number of rotatable bonds is 4. The Balaban J connectivity index is 1.22. The Hall–Kier alpha value is -3.25. The molecule has 3 aromatic rings. The maximum Gasteiger partial charge on any atom is 0.177 e. The number of fused-ring (bicyclic) bond motifs is 2. The van der Waals surface area contributed by atoms with E-state index in [0.29, 0.717) is 30.5 Å². The van der Waals surface area contributed by atoms with Gasteiger partial charge in [0.15, 0.2) is 5.65 Å². The minimum atomic E-state index is 0.483. The van der Waals surface area contributed by atoms with E-state index < -0.39 is 0 Å². The second-order valence-electron chi connectivity index (χ2n) is 6.88. The van der Waals surface area contributed by atoms with E-state index in [1.54, 1.807) is 10.8 Å². The SMILES string of the molecule is N#Cc1cc2c(nc1NCC1CN(c3ccc4nncn4n3)C1)CCOC2. The monoisotopic (exact) mass is 362 g/mol. The predicted octanol–water partition coefficient (Wildman–Crippen LogP) is 1.01. The van der Waals surface area contributed by atoms with Gasteiger partial charge in [0.25, 0.3) is 0 Å². The standard InChI is InChI=1S/C18H18N8O/c19-6-13-5-14-10-27-4-3-15(14)22-18(13)20-7-12-8-25(9-12)17-2-1-16-23-21-11-26(16)24-17/h1-2,5,11-12H,3-4,7-10H2,(H,20,22). The van der Waals surface area contributed by atoms with Gasteiger partial charge in [0.2, 0.25) is 0 Å². The lowest BCUT2D eigenvalue weighted by Crippen LogP contribution is -2.50. The highest BCUT2D eigenvalue weighted by Gasteiger charge is 2.28. The second-order valence-corrected chi connectivity index (χ2v) is 6.88. The molecule has 9 heteroatoms. The molecule has 0 spiro atoms. The summed E-state index contributed by atoms with van der Waals surface area (Å²) in [5, 5.41) is 25.1. The molecule has 0 aromatic carbocycles. The summed E-state index contributed by atoms with van der Waals surface area (Å²) in [5.74, 6) is 2.08. The molecule has 0 bridgehead atoms. The lowest BCUT2D eigenvalue weighted by atomic mass is 10.00. The van der Waals surface area contributed by atoms with E-state index in [1.165, 1.54) is 0 Å². The third-order valence-electron chi connectivity index (χ3n) is 5.04. The molecule has 2 aliphatic heterocycles. The van der Waals surface area contributed by atoms with Gasteiger partial charge in [-0.15, -0.1) is 15.3 Å². The minimum Gasteiger partial charge on any atom is -0.376 e. The average Bonchev–Trinajstić information content (AvgIpc) is 3.14. The number of pyridine rings is 1. The van der Waals surface area contributed by atoms with Crippen molar-refractivity contribution in [2.75, 3.05) is 36.5 Å². The first-order valence-corrected chi connectivity index (χ1v) is 8.96. The minimum absolute atomic E-state index is 0.483. The summed E-state index contributed by atoms with van der Waals surface area (Å²) in [6.07, 6.45) is 2.40. The molecule has 3 aromatic heterocycles. The lowest BCUT2D eigenvalue weighted by Gasteiger charge is -2.40. The van der Waals surface area contributed by atoms with Crippen molar-refractivity contribution < 1.29 is 4.74 Å². The van der Waals surface area contributed by atoms with Gasteiger partial charge >= 0.3 is 0 Å². The maximum atomic E-state index is 9.42. The van der Waals surface area contributed by atoms with Crippen LogP contribution >= 0.6 is 0 Å². The highest BCUT2D eigenvalue weighted by molar-refractivity contribution is 5.55. The zero-order valence-corrected chi connectivity index (χ0v) is 14.7. The lowest BCUT2D eigenvalue weighted by molar-refractivity contribution is 0.109. The quantitative estimate of drug-likeness (QED) is 0.733. The molecule has 1 saturated heterocycles. The van der Waals surface area contributed by atoms with Crippen LogP contribution in [0.5, 0.6) is 0 Å². The molecule has 5 rings (SSSR count). The number of anilines is 2. The molecule has 0 unspecified atom stereocenters. The molecule has 2 aliphatic rings. The number of hydrogen-bond acceptors (Lipinski definition) is 8. The smallest absolute Gasteiger partial charge is 0.177 e. The van der Waals surface area contributed by atoms with Crippen LogP contribution in [0.4, 0.5) is 11.6 Å². The molecule has 1 N–H and O–H groups in total. The molecule has 1 fully saturated rings. The summed E-state index contributed by atoms with van der Waals surface area (Å²) in [6.45, 7) is 3.83. The van der Waals surface area contributed by atoms with Crippen LogP contribution in [-0.4, -0.2) is 51.0 Å². The first kappa shape index (κ1) is 16.0. The molecular weight excluding hydrogens is 344 g/mol. The van der Waals surface area contributed by atoms with E-state index in [-0.39, 0.29) is 0 Å². The molecule has 0 atom stereocenters. The Kier molecular flexibility index (Phi) is 3.83. The summed E-state index contributed by atoms with van der Waals surface area (Å²) in [5.41, 5.74) is 3.37. The molecular formula is C18H18N8O.